The van der Waals surface area contributed by atoms with Gasteiger partial charge in [0.25, 0.3) is 0 Å². The van der Waals surface area contributed by atoms with E-state index in [1.54, 1.807) is 0 Å². The van der Waals surface area contributed by atoms with Gasteiger partial charge >= 0.3 is 5.97 Å². The third-order valence-electron chi connectivity index (χ3n) is 4.58. The highest BCUT2D eigenvalue weighted by Gasteiger charge is 2.34. The molecule has 0 amide bonds. The number of carboxylic acid groups (broad SMARTS) is 1. The summed E-state index contributed by atoms with van der Waals surface area (Å²) in [6.07, 6.45) is 1.36. The number of aryl methyl sites for hydroxylation is 1. The zero-order valence-corrected chi connectivity index (χ0v) is 14.8. The van der Waals surface area contributed by atoms with Gasteiger partial charge in [-0.15, -0.1) is 6.58 Å². The van der Waals surface area contributed by atoms with Gasteiger partial charge in [0.2, 0.25) is 0 Å². The van der Waals surface area contributed by atoms with Gasteiger partial charge in [-0.05, 0) is 18.4 Å². The van der Waals surface area contributed by atoms with E-state index in [2.05, 4.69) is 31.8 Å². The van der Waals surface area contributed by atoms with Crippen LogP contribution in [0.5, 0.6) is 0 Å². The first kappa shape index (κ1) is 17.2. The second kappa shape index (κ2) is 7.42. The number of hydrogen-bond donors (Lipinski definition) is 1. The van der Waals surface area contributed by atoms with Crippen LogP contribution in [0, 0.1) is 5.92 Å². The Morgan fingerprint density at radius 1 is 1.04 bits per heavy atom. The predicted molar refractivity (Wildman–Crippen MR) is 98.6 cm³/mol. The van der Waals surface area contributed by atoms with Crippen LogP contribution in [0.4, 0.5) is 0 Å². The summed E-state index contributed by atoms with van der Waals surface area (Å²) in [6, 6.07) is 20.2. The van der Waals surface area contributed by atoms with Crippen LogP contribution in [-0.4, -0.2) is 19.1 Å². The van der Waals surface area contributed by atoms with Crippen molar-refractivity contribution in [2.45, 2.75) is 25.9 Å². The van der Waals surface area contributed by atoms with E-state index in [9.17, 15) is 9.90 Å². The van der Waals surface area contributed by atoms with Crippen LogP contribution in [0.2, 0.25) is 13.1 Å². The molecule has 1 unspecified atom stereocenters. The molecule has 0 aliphatic carbocycles. The highest BCUT2D eigenvalue weighted by molar-refractivity contribution is 6.95. The van der Waals surface area contributed by atoms with Crippen LogP contribution in [0.3, 0.4) is 0 Å². The highest BCUT2D eigenvalue weighted by atomic mass is 28.3. The minimum atomic E-state index is -2.02. The average Bonchev–Trinajstić information content (AvgIpc) is 2.56. The van der Waals surface area contributed by atoms with Gasteiger partial charge in [0.05, 0.1) is 5.92 Å². The first-order chi connectivity index (χ1) is 10.9. The molecule has 2 nitrogen and oxygen atoms in total. The van der Waals surface area contributed by atoms with Crippen molar-refractivity contribution in [3.8, 4) is 0 Å². The highest BCUT2D eigenvalue weighted by Crippen LogP contribution is 2.26. The number of benzene rings is 2. The molecule has 0 spiro atoms. The Balaban J connectivity index is 2.17. The number of rotatable bonds is 7. The molecule has 23 heavy (non-hydrogen) atoms. The lowest BCUT2D eigenvalue weighted by Crippen LogP contribution is -2.47. The molecule has 2 aromatic carbocycles. The Morgan fingerprint density at radius 3 is 2.09 bits per heavy atom. The molecule has 0 radical (unpaired) electrons. The molecule has 1 N–H and O–H groups in total. The maximum absolute atomic E-state index is 11.8. The monoisotopic (exact) mass is 324 g/mol. The normalized spacial score (nSPS) is 12.6. The molecule has 0 aliphatic rings. The second-order valence-electron chi connectivity index (χ2n) is 6.43. The standard InChI is InChI=1S/C20H24O2Si/c1-16(23(2,3)18-12-8-5-9-13-18)19(20(21)22)15-14-17-10-6-4-7-11-17/h4-13,19H,1,14-15H2,2-3H3,(H,21,22). The number of carbonyl (C=O) groups is 1. The molecule has 2 rings (SSSR count). The molecule has 0 aromatic heterocycles. The van der Waals surface area contributed by atoms with Gasteiger partial charge < -0.3 is 5.11 Å². The van der Waals surface area contributed by atoms with E-state index >= 15 is 0 Å². The maximum atomic E-state index is 11.8. The average molecular weight is 324 g/mol. The Morgan fingerprint density at radius 2 is 1.57 bits per heavy atom. The van der Waals surface area contributed by atoms with Crippen molar-refractivity contribution in [3.05, 3.63) is 78.0 Å². The molecular formula is C20H24O2Si. The van der Waals surface area contributed by atoms with Crippen LogP contribution < -0.4 is 5.19 Å². The molecule has 1 atom stereocenters. The lowest BCUT2D eigenvalue weighted by Gasteiger charge is -2.30. The second-order valence-corrected chi connectivity index (χ2v) is 10.9. The SMILES string of the molecule is C=C(C(CCc1ccccc1)C(=O)O)[Si](C)(C)c1ccccc1. The van der Waals surface area contributed by atoms with Crippen molar-refractivity contribution in [1.29, 1.82) is 0 Å². The Bertz CT molecular complexity index is 663. The summed E-state index contributed by atoms with van der Waals surface area (Å²) in [5, 5.41) is 11.8. The van der Waals surface area contributed by atoms with Crippen molar-refractivity contribution in [2.24, 2.45) is 5.92 Å². The molecular weight excluding hydrogens is 300 g/mol. The molecule has 0 aliphatic heterocycles. The fourth-order valence-corrected chi connectivity index (χ4v) is 5.41. The van der Waals surface area contributed by atoms with Gasteiger partial charge in [0, 0.05) is 0 Å². The van der Waals surface area contributed by atoms with Gasteiger partial charge in [-0.3, -0.25) is 4.79 Å². The summed E-state index contributed by atoms with van der Waals surface area (Å²) in [5.41, 5.74) is 1.17. The zero-order chi connectivity index (χ0) is 16.9. The van der Waals surface area contributed by atoms with Crippen molar-refractivity contribution >= 4 is 19.2 Å². The van der Waals surface area contributed by atoms with Crippen LogP contribution in [0.25, 0.3) is 0 Å². The van der Waals surface area contributed by atoms with E-state index in [4.69, 9.17) is 0 Å². The molecule has 3 heteroatoms. The summed E-state index contributed by atoms with van der Waals surface area (Å²) in [6.45, 7) is 8.58. The fraction of sp³-hybridized carbons (Fsp3) is 0.250. The third kappa shape index (κ3) is 4.20. The zero-order valence-electron chi connectivity index (χ0n) is 13.8. The summed E-state index contributed by atoms with van der Waals surface area (Å²) in [5.74, 6) is -1.25. The molecule has 0 heterocycles. The summed E-state index contributed by atoms with van der Waals surface area (Å²) in [7, 11) is -2.02. The number of hydrogen-bond acceptors (Lipinski definition) is 1. The molecule has 0 saturated heterocycles. The summed E-state index contributed by atoms with van der Waals surface area (Å²) < 4.78 is 0. The lowest BCUT2D eigenvalue weighted by atomic mass is 9.99. The van der Waals surface area contributed by atoms with Gasteiger partial charge in [0.15, 0.2) is 0 Å². The third-order valence-corrected chi connectivity index (χ3v) is 8.31. The van der Waals surface area contributed by atoms with Crippen molar-refractivity contribution in [1.82, 2.24) is 0 Å². The van der Waals surface area contributed by atoms with Crippen LogP contribution in [0.15, 0.2) is 72.4 Å². The predicted octanol–water partition coefficient (Wildman–Crippen LogP) is 4.03. The molecule has 2 aromatic rings. The van der Waals surface area contributed by atoms with E-state index in [1.165, 1.54) is 10.8 Å². The van der Waals surface area contributed by atoms with E-state index in [0.29, 0.717) is 6.42 Å². The van der Waals surface area contributed by atoms with E-state index in [-0.39, 0.29) is 0 Å². The molecule has 0 fully saturated rings. The number of carboxylic acids is 1. The minimum Gasteiger partial charge on any atom is -0.481 e. The maximum Gasteiger partial charge on any atom is 0.310 e. The molecule has 0 saturated carbocycles. The van der Waals surface area contributed by atoms with E-state index < -0.39 is 20.0 Å². The van der Waals surface area contributed by atoms with Crippen LogP contribution >= 0.6 is 0 Å². The summed E-state index contributed by atoms with van der Waals surface area (Å²) in [4.78, 5) is 11.8. The molecule has 120 valence electrons. The largest absolute Gasteiger partial charge is 0.481 e. The topological polar surface area (TPSA) is 37.3 Å². The first-order valence-corrected chi connectivity index (χ1v) is 10.9. The van der Waals surface area contributed by atoms with Crippen molar-refractivity contribution in [2.75, 3.05) is 0 Å². The van der Waals surface area contributed by atoms with Gasteiger partial charge in [-0.25, -0.2) is 0 Å². The van der Waals surface area contributed by atoms with E-state index in [0.717, 1.165) is 11.6 Å². The smallest absolute Gasteiger partial charge is 0.310 e. The fourth-order valence-electron chi connectivity index (χ4n) is 2.88. The van der Waals surface area contributed by atoms with Crippen LogP contribution in [-0.2, 0) is 11.2 Å². The van der Waals surface area contributed by atoms with Crippen molar-refractivity contribution in [3.63, 3.8) is 0 Å². The Labute approximate surface area is 139 Å². The number of aliphatic carboxylic acids is 1. The van der Waals surface area contributed by atoms with Crippen molar-refractivity contribution < 1.29 is 9.90 Å². The Kier molecular flexibility index (Phi) is 5.56. The van der Waals surface area contributed by atoms with Crippen LogP contribution in [0.1, 0.15) is 12.0 Å². The lowest BCUT2D eigenvalue weighted by molar-refractivity contribution is -0.140. The summed E-state index contributed by atoms with van der Waals surface area (Å²) >= 11 is 0. The Hall–Kier alpha value is -2.13. The van der Waals surface area contributed by atoms with Gasteiger partial charge in [0.1, 0.15) is 8.07 Å². The molecule has 0 bridgehead atoms. The van der Waals surface area contributed by atoms with Gasteiger partial charge in [-0.1, -0.05) is 84.1 Å². The van der Waals surface area contributed by atoms with E-state index in [1.807, 2.05) is 48.5 Å². The first-order valence-electron chi connectivity index (χ1n) is 7.94. The quantitative estimate of drug-likeness (QED) is 0.781. The van der Waals surface area contributed by atoms with Gasteiger partial charge in [-0.2, -0.15) is 0 Å². The minimum absolute atomic E-state index is 0.489.